The molecule has 1 heterocycles. The van der Waals surface area contributed by atoms with E-state index >= 15 is 0 Å². The summed E-state index contributed by atoms with van der Waals surface area (Å²) >= 11 is 12.7. The van der Waals surface area contributed by atoms with E-state index in [4.69, 9.17) is 32.7 Å². The monoisotopic (exact) mass is 437 g/mol. The molecular formula is C22H25Cl2NO4. The number of benzene rings is 1. The van der Waals surface area contributed by atoms with Gasteiger partial charge in [0.05, 0.1) is 30.2 Å². The topological polar surface area (TPSA) is 64.6 Å². The van der Waals surface area contributed by atoms with Crippen molar-refractivity contribution in [2.75, 3.05) is 13.7 Å². The normalized spacial score (nSPS) is 20.9. The van der Waals surface area contributed by atoms with E-state index in [1.165, 1.54) is 7.11 Å². The fraction of sp³-hybridized carbons (Fsp3) is 0.455. The summed E-state index contributed by atoms with van der Waals surface area (Å²) in [6, 6.07) is 3.28. The summed E-state index contributed by atoms with van der Waals surface area (Å²) in [6.07, 6.45) is 1.07. The maximum atomic E-state index is 13.3. The molecule has 0 radical (unpaired) electrons. The Hall–Kier alpha value is -1.98. The highest BCUT2D eigenvalue weighted by Gasteiger charge is 2.44. The molecule has 29 heavy (non-hydrogen) atoms. The Bertz CT molecular complexity index is 946. The largest absolute Gasteiger partial charge is 0.495 e. The van der Waals surface area contributed by atoms with Gasteiger partial charge in [0.1, 0.15) is 5.75 Å². The van der Waals surface area contributed by atoms with Crippen molar-refractivity contribution in [3.05, 3.63) is 50.3 Å². The van der Waals surface area contributed by atoms with Crippen LogP contribution in [0.5, 0.6) is 5.75 Å². The fourth-order valence-corrected chi connectivity index (χ4v) is 4.82. The Morgan fingerprint density at radius 3 is 2.59 bits per heavy atom. The van der Waals surface area contributed by atoms with Crippen LogP contribution in [-0.2, 0) is 14.3 Å². The van der Waals surface area contributed by atoms with Gasteiger partial charge in [0.15, 0.2) is 5.78 Å². The number of carbonyl (C=O) groups excluding carboxylic acids is 2. The van der Waals surface area contributed by atoms with Gasteiger partial charge in [-0.3, -0.25) is 4.79 Å². The first-order chi connectivity index (χ1) is 13.6. The zero-order valence-corrected chi connectivity index (χ0v) is 18.8. The quantitative estimate of drug-likeness (QED) is 0.658. The highest BCUT2D eigenvalue weighted by atomic mass is 35.5. The number of ketones is 1. The maximum absolute atomic E-state index is 13.3. The van der Waals surface area contributed by atoms with Crippen molar-refractivity contribution in [3.63, 3.8) is 0 Å². The lowest BCUT2D eigenvalue weighted by atomic mass is 9.68. The Morgan fingerprint density at radius 1 is 1.28 bits per heavy atom. The Balaban J connectivity index is 2.30. The lowest BCUT2D eigenvalue weighted by Crippen LogP contribution is -2.38. The van der Waals surface area contributed by atoms with Crippen molar-refractivity contribution in [3.8, 4) is 5.75 Å². The van der Waals surface area contributed by atoms with E-state index in [9.17, 15) is 9.59 Å². The van der Waals surface area contributed by atoms with E-state index in [1.807, 2.05) is 6.92 Å². The number of hydrogen-bond acceptors (Lipinski definition) is 5. The molecule has 1 N–H and O–H groups in total. The zero-order valence-electron chi connectivity index (χ0n) is 17.2. The molecule has 3 rings (SSSR count). The summed E-state index contributed by atoms with van der Waals surface area (Å²) < 4.78 is 10.9. The average Bonchev–Trinajstić information content (AvgIpc) is 2.58. The van der Waals surface area contributed by atoms with E-state index in [0.29, 0.717) is 51.0 Å². The third kappa shape index (κ3) is 4.03. The van der Waals surface area contributed by atoms with E-state index < -0.39 is 11.9 Å². The van der Waals surface area contributed by atoms with Crippen LogP contribution in [-0.4, -0.2) is 25.5 Å². The molecule has 7 heteroatoms. The number of allylic oxidation sites excluding steroid dienone is 3. The minimum Gasteiger partial charge on any atom is -0.495 e. The molecule has 5 nitrogen and oxygen atoms in total. The summed E-state index contributed by atoms with van der Waals surface area (Å²) in [5.74, 6) is -0.770. The number of methoxy groups -OCH3 is 1. The SMILES string of the molecule is CCOC(=O)C1=C(C)NC2=C(C(=O)CC(C)(C)C2)[C@@H]1c1cc(Cl)cc(Cl)c1OC. The molecule has 2 aliphatic rings. The van der Waals surface area contributed by atoms with Gasteiger partial charge >= 0.3 is 5.97 Å². The zero-order chi connectivity index (χ0) is 21.5. The number of rotatable bonds is 4. The first-order valence-corrected chi connectivity index (χ1v) is 10.3. The number of nitrogens with one attached hydrogen (secondary N) is 1. The molecule has 0 saturated carbocycles. The van der Waals surface area contributed by atoms with Crippen LogP contribution < -0.4 is 10.1 Å². The van der Waals surface area contributed by atoms with Crippen LogP contribution in [0.1, 0.15) is 52.0 Å². The van der Waals surface area contributed by atoms with Gasteiger partial charge in [-0.05, 0) is 37.8 Å². The van der Waals surface area contributed by atoms with Crippen LogP contribution >= 0.6 is 23.2 Å². The van der Waals surface area contributed by atoms with E-state index in [-0.39, 0.29) is 17.8 Å². The van der Waals surface area contributed by atoms with Crippen molar-refractivity contribution in [1.29, 1.82) is 0 Å². The summed E-state index contributed by atoms with van der Waals surface area (Å²) in [6.45, 7) is 7.90. The summed E-state index contributed by atoms with van der Waals surface area (Å²) in [7, 11) is 1.50. The predicted molar refractivity (Wildman–Crippen MR) is 113 cm³/mol. The first-order valence-electron chi connectivity index (χ1n) is 9.53. The first kappa shape index (κ1) is 21.7. The molecule has 156 valence electrons. The fourth-order valence-electron chi connectivity index (χ4n) is 4.24. The van der Waals surface area contributed by atoms with Gasteiger partial charge in [0.2, 0.25) is 0 Å². The number of esters is 1. The van der Waals surface area contributed by atoms with Crippen molar-refractivity contribution < 1.29 is 19.1 Å². The molecule has 1 aromatic rings. The summed E-state index contributed by atoms with van der Waals surface area (Å²) in [4.78, 5) is 26.2. The Kier molecular flexibility index (Phi) is 6.02. The van der Waals surface area contributed by atoms with Crippen molar-refractivity contribution in [2.24, 2.45) is 5.41 Å². The van der Waals surface area contributed by atoms with Gasteiger partial charge in [0.25, 0.3) is 0 Å². The average molecular weight is 438 g/mol. The molecule has 1 aromatic carbocycles. The van der Waals surface area contributed by atoms with Crippen molar-refractivity contribution in [2.45, 2.75) is 46.5 Å². The summed E-state index contributed by atoms with van der Waals surface area (Å²) in [5.41, 5.74) is 2.79. The lowest BCUT2D eigenvalue weighted by Gasteiger charge is -2.39. The van der Waals surface area contributed by atoms with Gasteiger partial charge in [-0.2, -0.15) is 0 Å². The number of hydrogen-bond donors (Lipinski definition) is 1. The number of Topliss-reactive ketones (excluding diaryl/α,β-unsaturated/α-hetero) is 1. The van der Waals surface area contributed by atoms with Gasteiger partial charge in [-0.15, -0.1) is 0 Å². The molecule has 0 aromatic heterocycles. The second-order valence-electron chi connectivity index (χ2n) is 8.16. The smallest absolute Gasteiger partial charge is 0.336 e. The molecule has 1 atom stereocenters. The minimum absolute atomic E-state index is 0.0128. The molecule has 0 spiro atoms. The molecule has 0 amide bonds. The van der Waals surface area contributed by atoms with Crippen LogP contribution in [0.3, 0.4) is 0 Å². The third-order valence-electron chi connectivity index (χ3n) is 5.29. The number of dihydropyridines is 1. The maximum Gasteiger partial charge on any atom is 0.336 e. The second-order valence-corrected chi connectivity index (χ2v) is 9.00. The van der Waals surface area contributed by atoms with E-state index in [0.717, 1.165) is 5.70 Å². The Morgan fingerprint density at radius 2 is 1.97 bits per heavy atom. The van der Waals surface area contributed by atoms with Crippen LogP contribution in [0.15, 0.2) is 34.7 Å². The summed E-state index contributed by atoms with van der Waals surface area (Å²) in [5, 5.41) is 4.01. The van der Waals surface area contributed by atoms with Crippen molar-refractivity contribution in [1.82, 2.24) is 5.32 Å². The van der Waals surface area contributed by atoms with Crippen LogP contribution in [0.25, 0.3) is 0 Å². The van der Waals surface area contributed by atoms with E-state index in [2.05, 4.69) is 19.2 Å². The third-order valence-corrected chi connectivity index (χ3v) is 5.79. The predicted octanol–water partition coefficient (Wildman–Crippen LogP) is 5.17. The Labute approximate surface area is 181 Å². The molecular weight excluding hydrogens is 413 g/mol. The number of halogens is 2. The lowest BCUT2D eigenvalue weighted by molar-refractivity contribution is -0.138. The van der Waals surface area contributed by atoms with Crippen LogP contribution in [0.4, 0.5) is 0 Å². The van der Waals surface area contributed by atoms with Gasteiger partial charge < -0.3 is 14.8 Å². The minimum atomic E-state index is -0.667. The molecule has 0 bridgehead atoms. The highest BCUT2D eigenvalue weighted by molar-refractivity contribution is 6.35. The number of ether oxygens (including phenoxy) is 2. The highest BCUT2D eigenvalue weighted by Crippen LogP contribution is 2.50. The van der Waals surface area contributed by atoms with Gasteiger partial charge in [-0.25, -0.2) is 4.79 Å². The van der Waals surface area contributed by atoms with Gasteiger partial charge in [0, 0.05) is 34.0 Å². The van der Waals surface area contributed by atoms with Crippen molar-refractivity contribution >= 4 is 35.0 Å². The molecule has 0 fully saturated rings. The number of carbonyl (C=O) groups is 2. The molecule has 1 aliphatic heterocycles. The van der Waals surface area contributed by atoms with Crippen LogP contribution in [0.2, 0.25) is 10.0 Å². The van der Waals surface area contributed by atoms with Crippen LogP contribution in [0, 0.1) is 5.41 Å². The van der Waals surface area contributed by atoms with Gasteiger partial charge in [-0.1, -0.05) is 37.0 Å². The standard InChI is InChI=1S/C22H25Cl2NO4/c1-6-29-21(27)17-11(2)25-15-9-22(3,4)10-16(26)19(15)18(17)13-7-12(23)8-14(24)20(13)28-5/h7-8,18,25H,6,9-10H2,1-5H3/t18-/m1/s1. The second kappa shape index (κ2) is 8.04. The van der Waals surface area contributed by atoms with E-state index in [1.54, 1.807) is 19.1 Å². The molecule has 1 aliphatic carbocycles. The molecule has 0 saturated heterocycles. The molecule has 0 unspecified atom stereocenters.